The highest BCUT2D eigenvalue weighted by atomic mass is 32.1. The van der Waals surface area contributed by atoms with Crippen LogP contribution in [0.5, 0.6) is 23.0 Å². The van der Waals surface area contributed by atoms with Gasteiger partial charge >= 0.3 is 11.9 Å². The Morgan fingerprint density at radius 2 is 1.24 bits per heavy atom. The predicted octanol–water partition coefficient (Wildman–Crippen LogP) is 11.2. The topological polar surface area (TPSA) is 206 Å². The highest BCUT2D eigenvalue weighted by Crippen LogP contribution is 2.44. The average Bonchev–Trinajstić information content (AvgIpc) is 4.28. The van der Waals surface area contributed by atoms with Crippen molar-refractivity contribution in [3.63, 3.8) is 0 Å². The van der Waals surface area contributed by atoms with Crippen LogP contribution in [-0.2, 0) is 23.9 Å². The van der Waals surface area contributed by atoms with Crippen molar-refractivity contribution < 1.29 is 42.8 Å². The molecular weight excluding hydrogens is 993 g/mol. The van der Waals surface area contributed by atoms with Crippen LogP contribution >= 0.6 is 22.7 Å². The van der Waals surface area contributed by atoms with Gasteiger partial charge < -0.3 is 39.5 Å². The van der Waals surface area contributed by atoms with Crippen molar-refractivity contribution in [1.29, 1.82) is 0 Å². The van der Waals surface area contributed by atoms with E-state index in [1.165, 1.54) is 45.6 Å². The number of rotatable bonds is 10. The summed E-state index contributed by atoms with van der Waals surface area (Å²) in [5.41, 5.74) is 12.1. The van der Waals surface area contributed by atoms with Crippen molar-refractivity contribution in [2.75, 3.05) is 25.3 Å². The number of nitrogens with one attached hydrogen (secondary N) is 1. The van der Waals surface area contributed by atoms with E-state index in [0.717, 1.165) is 84.6 Å². The molecule has 6 heterocycles. The number of para-hydroxylation sites is 2. The number of nitrogens with zero attached hydrogens (tertiary/aromatic N) is 6. The van der Waals surface area contributed by atoms with E-state index in [2.05, 4.69) is 15.4 Å². The van der Waals surface area contributed by atoms with Crippen molar-refractivity contribution in [2.45, 2.75) is 109 Å². The molecule has 3 fully saturated rings. The molecule has 1 amide bonds. The van der Waals surface area contributed by atoms with Gasteiger partial charge in [0.1, 0.15) is 17.2 Å². The summed E-state index contributed by atoms with van der Waals surface area (Å²) in [6, 6.07) is 29.2. The number of nitrogens with two attached hydrogens (primary N) is 1. The Labute approximate surface area is 441 Å². The van der Waals surface area contributed by atoms with Crippen molar-refractivity contribution in [1.82, 2.24) is 29.5 Å². The Morgan fingerprint density at radius 1 is 0.693 bits per heavy atom. The number of aromatic nitrogens is 6. The van der Waals surface area contributed by atoms with Crippen molar-refractivity contribution in [2.24, 2.45) is 0 Å². The highest BCUT2D eigenvalue weighted by molar-refractivity contribution is 7.21. The molecule has 8 aromatic rings. The molecule has 0 spiro atoms. The number of carbonyl (C=O) groups excluding carboxylic acids is 3. The van der Waals surface area contributed by atoms with E-state index in [-0.39, 0.29) is 29.6 Å². The van der Waals surface area contributed by atoms with Crippen LogP contribution in [0, 0.1) is 13.8 Å². The second-order valence-corrected chi connectivity index (χ2v) is 21.2. The molecule has 1 atom stereocenters. The third kappa shape index (κ3) is 11.2. The molecule has 2 aliphatic carbocycles. The standard InChI is InChI=1S/C26H26N4O3S.C19H22O6.C11H10N4S/c1-15-24-18(16-11-12-20(21(13-16)32-2)33-17-7-3-4-8-17)14-23(31)28-25(24)30(29-15)26-27-19-9-5-6-10-22(19)34-26;1-19(2)24-17(20)14(18(21)25-19)10-12-8-9-15(16(11-12)22-3)23-13-6-4-5-7-13;1-7-6-10(12)15(14-7)11-13-8-4-2-3-5-9(8)16-11/h5-6,9-13,17-18H,3-4,7-8,14H2,1-2H3,(H,28,31);8-11,13H,4-7H2,1-3H3;2-6H,12H2,1H3. The maximum Gasteiger partial charge on any atom is 0.348 e. The van der Waals surface area contributed by atoms with E-state index < -0.39 is 17.7 Å². The Morgan fingerprint density at radius 3 is 1.79 bits per heavy atom. The smallest absolute Gasteiger partial charge is 0.348 e. The molecule has 0 bridgehead atoms. The minimum absolute atomic E-state index is 0.0370. The summed E-state index contributed by atoms with van der Waals surface area (Å²) in [5.74, 6) is 1.19. The molecule has 0 radical (unpaired) electrons. The number of esters is 2. The van der Waals surface area contributed by atoms with Gasteiger partial charge in [0, 0.05) is 37.8 Å². The second-order valence-electron chi connectivity index (χ2n) is 19.2. The number of anilines is 2. The van der Waals surface area contributed by atoms with Crippen molar-refractivity contribution in [3.05, 3.63) is 125 Å². The Hall–Kier alpha value is -7.77. The molecule has 2 saturated carbocycles. The fourth-order valence-electron chi connectivity index (χ4n) is 9.73. The summed E-state index contributed by atoms with van der Waals surface area (Å²) in [7, 11) is 3.22. The van der Waals surface area contributed by atoms with E-state index in [1.807, 2.05) is 86.6 Å². The van der Waals surface area contributed by atoms with E-state index in [0.29, 0.717) is 40.9 Å². The molecule has 4 aromatic heterocycles. The monoisotopic (exact) mass is 1050 g/mol. The first-order valence-electron chi connectivity index (χ1n) is 25.0. The zero-order valence-electron chi connectivity index (χ0n) is 42.6. The number of thiazole rings is 2. The van der Waals surface area contributed by atoms with Gasteiger partial charge in [-0.2, -0.15) is 19.6 Å². The van der Waals surface area contributed by atoms with Crippen LogP contribution in [0.15, 0.2) is 96.6 Å². The maximum atomic E-state index is 12.8. The maximum absolute atomic E-state index is 12.8. The molecule has 1 unspecified atom stereocenters. The van der Waals surface area contributed by atoms with Gasteiger partial charge in [0.05, 0.1) is 58.2 Å². The number of fused-ring (bicyclic) bond motifs is 3. The SMILES string of the molecule is COc1cc(C2CC(=O)Nc3c2c(C)nn3-c2nc3ccccc3s2)ccc1OC1CCCC1.COc1cc(C=C2C(=O)OC(C)(C)OC2=O)ccc1OC1CCCC1.Cc1cc(N)n(-c2nc3ccccc3s2)n1. The molecule has 2 aliphatic heterocycles. The van der Waals surface area contributed by atoms with Crippen LogP contribution in [0.2, 0.25) is 0 Å². The summed E-state index contributed by atoms with van der Waals surface area (Å²) in [5, 5.41) is 13.7. The quantitative estimate of drug-likeness (QED) is 0.0743. The van der Waals surface area contributed by atoms with E-state index in [9.17, 15) is 14.4 Å². The van der Waals surface area contributed by atoms with Gasteiger partial charge in [0.2, 0.25) is 16.2 Å². The van der Waals surface area contributed by atoms with Crippen LogP contribution in [0.1, 0.15) is 106 Å². The molecular formula is C56H58N8O9S2. The third-order valence-electron chi connectivity index (χ3n) is 13.3. The third-order valence-corrected chi connectivity index (χ3v) is 15.3. The van der Waals surface area contributed by atoms with Gasteiger partial charge in [-0.3, -0.25) is 4.79 Å². The lowest BCUT2D eigenvalue weighted by Gasteiger charge is -2.29. The van der Waals surface area contributed by atoms with Gasteiger partial charge in [0.25, 0.3) is 5.79 Å². The van der Waals surface area contributed by atoms with Gasteiger partial charge in [0.15, 0.2) is 23.0 Å². The van der Waals surface area contributed by atoms with Crippen LogP contribution in [0.25, 0.3) is 36.8 Å². The van der Waals surface area contributed by atoms with E-state index >= 15 is 0 Å². The molecule has 1 saturated heterocycles. The number of aryl methyl sites for hydroxylation is 2. The fourth-order valence-corrected chi connectivity index (χ4v) is 11.6. The summed E-state index contributed by atoms with van der Waals surface area (Å²) in [6.07, 6.45) is 11.3. The molecule has 19 heteroatoms. The molecule has 3 N–H and O–H groups in total. The number of benzene rings is 4. The first-order chi connectivity index (χ1) is 36.2. The van der Waals surface area contributed by atoms with Crippen LogP contribution in [0.4, 0.5) is 11.6 Å². The Bertz CT molecular complexity index is 3370. The normalized spacial score (nSPS) is 17.3. The summed E-state index contributed by atoms with van der Waals surface area (Å²) >= 11 is 3.15. The number of nitrogen functional groups attached to an aromatic ring is 1. The van der Waals surface area contributed by atoms with Gasteiger partial charge in [-0.05, 0) is 131 Å². The number of ether oxygens (including phenoxy) is 6. The Kier molecular flexibility index (Phi) is 14.6. The molecule has 75 heavy (non-hydrogen) atoms. The highest BCUT2D eigenvalue weighted by Gasteiger charge is 2.39. The number of carbonyl (C=O) groups is 3. The molecule has 17 nitrogen and oxygen atoms in total. The first-order valence-corrected chi connectivity index (χ1v) is 26.7. The predicted molar refractivity (Wildman–Crippen MR) is 288 cm³/mol. The minimum atomic E-state index is -1.25. The van der Waals surface area contributed by atoms with Gasteiger partial charge in [-0.15, -0.1) is 0 Å². The first kappa shape index (κ1) is 50.7. The lowest BCUT2D eigenvalue weighted by Crippen LogP contribution is -2.41. The lowest BCUT2D eigenvalue weighted by atomic mass is 9.85. The van der Waals surface area contributed by atoms with Gasteiger partial charge in [-0.25, -0.2) is 19.6 Å². The largest absolute Gasteiger partial charge is 0.493 e. The zero-order chi connectivity index (χ0) is 52.4. The molecule has 4 aromatic carbocycles. The van der Waals surface area contributed by atoms with E-state index in [4.69, 9.17) is 44.2 Å². The number of methoxy groups -OCH3 is 2. The summed E-state index contributed by atoms with van der Waals surface area (Å²) < 4.78 is 39.1. The van der Waals surface area contributed by atoms with Crippen molar-refractivity contribution in [3.8, 4) is 33.3 Å². The Balaban J connectivity index is 0.000000137. The van der Waals surface area contributed by atoms with Crippen LogP contribution in [0.3, 0.4) is 0 Å². The molecule has 4 aliphatic rings. The van der Waals surface area contributed by atoms with Crippen molar-refractivity contribution >= 4 is 78.7 Å². The number of cyclic esters (lactones) is 2. The van der Waals surface area contributed by atoms with Crippen LogP contribution < -0.4 is 30.0 Å². The molecule has 12 rings (SSSR count). The molecule has 388 valence electrons. The zero-order valence-corrected chi connectivity index (χ0v) is 44.2. The second kappa shape index (κ2) is 21.6. The van der Waals surface area contributed by atoms with Crippen LogP contribution in [-0.4, -0.2) is 79.6 Å². The van der Waals surface area contributed by atoms with E-state index in [1.54, 1.807) is 64.5 Å². The number of hydrogen-bond donors (Lipinski definition) is 2. The summed E-state index contributed by atoms with van der Waals surface area (Å²) in [6.45, 7) is 6.93. The fraction of sp³-hybridized carbons (Fsp3) is 0.339. The minimum Gasteiger partial charge on any atom is -0.493 e. The number of amides is 1. The average molecular weight is 1050 g/mol. The van der Waals surface area contributed by atoms with Gasteiger partial charge in [-0.1, -0.05) is 59.1 Å². The lowest BCUT2D eigenvalue weighted by molar-refractivity contribution is -0.222. The summed E-state index contributed by atoms with van der Waals surface area (Å²) in [4.78, 5) is 46.1. The number of hydrogen-bond acceptors (Lipinski definition) is 16.